The number of hydrogen-bond donors (Lipinski definition) is 2. The highest BCUT2D eigenvalue weighted by Crippen LogP contribution is 2.32. The molecule has 3 N–H and O–H groups in total. The van der Waals surface area contributed by atoms with Crippen LogP contribution in [0, 0.1) is 0 Å². The molecule has 0 radical (unpaired) electrons. The molecule has 4 nitrogen and oxygen atoms in total. The average Bonchev–Trinajstić information content (AvgIpc) is 2.68. The van der Waals surface area contributed by atoms with Crippen molar-refractivity contribution in [2.75, 3.05) is 17.2 Å². The maximum Gasteiger partial charge on any atom is 0.229 e. The van der Waals surface area contributed by atoms with Crippen LogP contribution in [0.1, 0.15) is 6.42 Å². The summed E-state index contributed by atoms with van der Waals surface area (Å²) in [5.74, 6) is -0.0441. The first-order chi connectivity index (χ1) is 8.66. The van der Waals surface area contributed by atoms with E-state index in [0.29, 0.717) is 12.2 Å². The fraction of sp³-hybridized carbons (Fsp3) is 0.214. The molecule has 2 aromatic rings. The fourth-order valence-corrected chi connectivity index (χ4v) is 2.47. The SMILES string of the molecule is Nc1cccc2c(N3CC(O)CC3=O)cccc12. The molecule has 92 valence electrons. The molecule has 0 aliphatic carbocycles. The van der Waals surface area contributed by atoms with Crippen LogP contribution in [0.4, 0.5) is 11.4 Å². The Hall–Kier alpha value is -2.07. The van der Waals surface area contributed by atoms with E-state index in [4.69, 9.17) is 5.73 Å². The highest BCUT2D eigenvalue weighted by molar-refractivity contribution is 6.07. The summed E-state index contributed by atoms with van der Waals surface area (Å²) in [7, 11) is 0. The van der Waals surface area contributed by atoms with E-state index in [1.807, 2.05) is 36.4 Å². The van der Waals surface area contributed by atoms with Gasteiger partial charge in [-0.05, 0) is 12.1 Å². The van der Waals surface area contributed by atoms with Crippen LogP contribution in [0.15, 0.2) is 36.4 Å². The van der Waals surface area contributed by atoms with E-state index in [-0.39, 0.29) is 12.3 Å². The van der Waals surface area contributed by atoms with Gasteiger partial charge in [-0.2, -0.15) is 0 Å². The van der Waals surface area contributed by atoms with Gasteiger partial charge in [0.15, 0.2) is 0 Å². The number of carbonyl (C=O) groups is 1. The molecule has 1 aliphatic heterocycles. The van der Waals surface area contributed by atoms with Gasteiger partial charge in [0, 0.05) is 16.5 Å². The fourth-order valence-electron chi connectivity index (χ4n) is 2.47. The van der Waals surface area contributed by atoms with Gasteiger partial charge in [-0.3, -0.25) is 4.79 Å². The Morgan fingerprint density at radius 3 is 2.61 bits per heavy atom. The van der Waals surface area contributed by atoms with Crippen LogP contribution in [0.5, 0.6) is 0 Å². The van der Waals surface area contributed by atoms with Crippen LogP contribution < -0.4 is 10.6 Å². The predicted molar refractivity (Wildman–Crippen MR) is 71.3 cm³/mol. The zero-order valence-electron chi connectivity index (χ0n) is 9.84. The number of β-amino-alcohol motifs (C(OH)–C–C–N with tert-alkyl or cyclic N) is 1. The van der Waals surface area contributed by atoms with Gasteiger partial charge in [0.2, 0.25) is 5.91 Å². The zero-order chi connectivity index (χ0) is 12.7. The number of rotatable bonds is 1. The smallest absolute Gasteiger partial charge is 0.229 e. The van der Waals surface area contributed by atoms with E-state index < -0.39 is 6.10 Å². The van der Waals surface area contributed by atoms with Crippen molar-refractivity contribution in [1.82, 2.24) is 0 Å². The Labute approximate surface area is 105 Å². The number of fused-ring (bicyclic) bond motifs is 1. The van der Waals surface area contributed by atoms with Crippen LogP contribution in [0.3, 0.4) is 0 Å². The van der Waals surface area contributed by atoms with E-state index in [0.717, 1.165) is 16.5 Å². The van der Waals surface area contributed by atoms with Crippen molar-refractivity contribution in [3.63, 3.8) is 0 Å². The summed E-state index contributed by atoms with van der Waals surface area (Å²) in [6, 6.07) is 11.4. The Kier molecular flexibility index (Phi) is 2.45. The first-order valence-corrected chi connectivity index (χ1v) is 5.92. The summed E-state index contributed by atoms with van der Waals surface area (Å²) in [6.07, 6.45) is -0.382. The Morgan fingerprint density at radius 1 is 1.17 bits per heavy atom. The topological polar surface area (TPSA) is 66.6 Å². The molecule has 1 heterocycles. The molecule has 0 aromatic heterocycles. The number of amides is 1. The maximum absolute atomic E-state index is 11.8. The summed E-state index contributed by atoms with van der Waals surface area (Å²) in [5, 5.41) is 11.4. The number of nitrogens with zero attached hydrogens (tertiary/aromatic N) is 1. The number of benzene rings is 2. The Balaban J connectivity index is 2.18. The minimum absolute atomic E-state index is 0.0441. The normalized spacial score (nSPS) is 19.7. The number of aliphatic hydroxyl groups excluding tert-OH is 1. The standard InChI is InChI=1S/C14H14N2O2/c15-12-5-1-4-11-10(12)3-2-6-13(11)16-8-9(17)7-14(16)18/h1-6,9,17H,7-8,15H2. The van der Waals surface area contributed by atoms with Crippen molar-refractivity contribution in [2.45, 2.75) is 12.5 Å². The van der Waals surface area contributed by atoms with Crippen LogP contribution in [-0.4, -0.2) is 23.7 Å². The summed E-state index contributed by atoms with van der Waals surface area (Å²) < 4.78 is 0. The Bertz CT molecular complexity index is 624. The predicted octanol–water partition coefficient (Wildman–Crippen LogP) is 1.52. The molecule has 1 amide bonds. The molecular formula is C14H14N2O2. The monoisotopic (exact) mass is 242 g/mol. The van der Waals surface area contributed by atoms with Gasteiger partial charge in [0.1, 0.15) is 0 Å². The van der Waals surface area contributed by atoms with Crippen molar-refractivity contribution in [2.24, 2.45) is 0 Å². The minimum atomic E-state index is -0.575. The minimum Gasteiger partial charge on any atom is -0.398 e. The molecule has 0 spiro atoms. The van der Waals surface area contributed by atoms with Gasteiger partial charge >= 0.3 is 0 Å². The molecule has 4 heteroatoms. The third-order valence-electron chi connectivity index (χ3n) is 3.33. The molecule has 1 aliphatic rings. The average molecular weight is 242 g/mol. The second kappa shape index (κ2) is 3.99. The van der Waals surface area contributed by atoms with Gasteiger partial charge in [-0.25, -0.2) is 0 Å². The van der Waals surface area contributed by atoms with Crippen molar-refractivity contribution in [1.29, 1.82) is 0 Å². The quantitative estimate of drug-likeness (QED) is 0.745. The number of anilines is 2. The van der Waals surface area contributed by atoms with E-state index in [1.165, 1.54) is 0 Å². The third kappa shape index (κ3) is 1.62. The lowest BCUT2D eigenvalue weighted by atomic mass is 10.1. The number of aliphatic hydroxyl groups is 1. The highest BCUT2D eigenvalue weighted by atomic mass is 16.3. The van der Waals surface area contributed by atoms with Crippen molar-refractivity contribution >= 4 is 28.1 Å². The van der Waals surface area contributed by atoms with Crippen LogP contribution in [0.25, 0.3) is 10.8 Å². The summed E-state index contributed by atoms with van der Waals surface area (Å²) in [6.45, 7) is 0.354. The van der Waals surface area contributed by atoms with E-state index in [9.17, 15) is 9.90 Å². The lowest BCUT2D eigenvalue weighted by molar-refractivity contribution is -0.117. The number of carbonyl (C=O) groups excluding carboxylic acids is 1. The van der Waals surface area contributed by atoms with Crippen LogP contribution in [0.2, 0.25) is 0 Å². The first kappa shape index (κ1) is 11.0. The molecule has 1 saturated heterocycles. The van der Waals surface area contributed by atoms with Crippen LogP contribution in [-0.2, 0) is 4.79 Å². The summed E-state index contributed by atoms with van der Waals surface area (Å²) in [5.41, 5.74) is 7.45. The lowest BCUT2D eigenvalue weighted by Crippen LogP contribution is -2.25. The molecule has 3 rings (SSSR count). The van der Waals surface area contributed by atoms with Crippen molar-refractivity contribution in [3.05, 3.63) is 36.4 Å². The lowest BCUT2D eigenvalue weighted by Gasteiger charge is -2.18. The van der Waals surface area contributed by atoms with E-state index in [2.05, 4.69) is 0 Å². The third-order valence-corrected chi connectivity index (χ3v) is 3.33. The first-order valence-electron chi connectivity index (χ1n) is 5.92. The molecule has 18 heavy (non-hydrogen) atoms. The number of hydrogen-bond acceptors (Lipinski definition) is 3. The van der Waals surface area contributed by atoms with Gasteiger partial charge in [-0.1, -0.05) is 24.3 Å². The van der Waals surface area contributed by atoms with Crippen LogP contribution >= 0.6 is 0 Å². The van der Waals surface area contributed by atoms with Crippen molar-refractivity contribution < 1.29 is 9.90 Å². The molecular weight excluding hydrogens is 228 g/mol. The van der Waals surface area contributed by atoms with E-state index in [1.54, 1.807) is 4.90 Å². The second-order valence-corrected chi connectivity index (χ2v) is 4.58. The number of nitrogens with two attached hydrogens (primary N) is 1. The zero-order valence-corrected chi connectivity index (χ0v) is 9.84. The van der Waals surface area contributed by atoms with Crippen molar-refractivity contribution in [3.8, 4) is 0 Å². The largest absolute Gasteiger partial charge is 0.398 e. The van der Waals surface area contributed by atoms with E-state index >= 15 is 0 Å². The second-order valence-electron chi connectivity index (χ2n) is 4.58. The number of nitrogen functional groups attached to an aromatic ring is 1. The molecule has 2 aromatic carbocycles. The van der Waals surface area contributed by atoms with Gasteiger partial charge < -0.3 is 15.7 Å². The maximum atomic E-state index is 11.8. The molecule has 1 unspecified atom stereocenters. The van der Waals surface area contributed by atoms with Gasteiger partial charge in [-0.15, -0.1) is 0 Å². The molecule has 1 fully saturated rings. The highest BCUT2D eigenvalue weighted by Gasteiger charge is 2.29. The molecule has 0 bridgehead atoms. The summed E-state index contributed by atoms with van der Waals surface area (Å²) in [4.78, 5) is 13.5. The molecule has 0 saturated carbocycles. The van der Waals surface area contributed by atoms with Gasteiger partial charge in [0.05, 0.1) is 24.8 Å². The summed E-state index contributed by atoms with van der Waals surface area (Å²) >= 11 is 0. The Morgan fingerprint density at radius 2 is 1.89 bits per heavy atom. The molecule has 1 atom stereocenters. The van der Waals surface area contributed by atoms with Gasteiger partial charge in [0.25, 0.3) is 0 Å².